The molecule has 0 bridgehead atoms. The summed E-state index contributed by atoms with van der Waals surface area (Å²) >= 11 is 0. The van der Waals surface area contributed by atoms with E-state index in [9.17, 15) is 19.2 Å². The third kappa shape index (κ3) is 5.77. The van der Waals surface area contributed by atoms with Gasteiger partial charge in [-0.25, -0.2) is 15.0 Å². The zero-order valence-electron chi connectivity index (χ0n) is 18.6. The largest absolute Gasteiger partial charge is 0.443 e. The van der Waals surface area contributed by atoms with E-state index >= 15 is 0 Å². The lowest BCUT2D eigenvalue weighted by Gasteiger charge is -2.41. The summed E-state index contributed by atoms with van der Waals surface area (Å²) in [5, 5.41) is 0.747. The molecular formula is C25H28N2O6. The highest BCUT2D eigenvalue weighted by molar-refractivity contribution is 6.13. The SMILES string of the molecule is CCC(=O)[C@@]1(N(NC(=O)OCc2ccccc2)C(=O)OCc2ccccc2)CCCCC1=O. The molecule has 2 aromatic rings. The van der Waals surface area contributed by atoms with Crippen molar-refractivity contribution in [1.29, 1.82) is 0 Å². The summed E-state index contributed by atoms with van der Waals surface area (Å²) in [6, 6.07) is 18.0. The fraction of sp³-hybridized carbons (Fsp3) is 0.360. The molecule has 174 valence electrons. The molecule has 0 aromatic heterocycles. The molecule has 3 rings (SSSR count). The second kappa shape index (κ2) is 11.3. The van der Waals surface area contributed by atoms with Crippen LogP contribution in [-0.4, -0.2) is 34.3 Å². The number of amides is 2. The number of Topliss-reactive ketones (excluding diaryl/α,β-unsaturated/α-hetero) is 2. The molecule has 8 heteroatoms. The van der Waals surface area contributed by atoms with Crippen LogP contribution in [0.2, 0.25) is 0 Å². The molecule has 0 heterocycles. The number of rotatable bonds is 7. The molecular weight excluding hydrogens is 424 g/mol. The highest BCUT2D eigenvalue weighted by atomic mass is 16.6. The molecule has 8 nitrogen and oxygen atoms in total. The van der Waals surface area contributed by atoms with E-state index in [4.69, 9.17) is 9.47 Å². The van der Waals surface area contributed by atoms with Crippen molar-refractivity contribution >= 4 is 23.8 Å². The number of hydrazine groups is 1. The molecule has 2 amide bonds. The fourth-order valence-electron chi connectivity index (χ4n) is 3.89. The van der Waals surface area contributed by atoms with Crippen molar-refractivity contribution in [2.75, 3.05) is 0 Å². The van der Waals surface area contributed by atoms with E-state index in [1.165, 1.54) is 0 Å². The number of hydrogen-bond donors (Lipinski definition) is 1. The maximum Gasteiger partial charge on any atom is 0.430 e. The highest BCUT2D eigenvalue weighted by Gasteiger charge is 2.54. The number of carbonyl (C=O) groups is 4. The Kier molecular flexibility index (Phi) is 8.18. The van der Waals surface area contributed by atoms with Crippen LogP contribution in [0.4, 0.5) is 9.59 Å². The van der Waals surface area contributed by atoms with Gasteiger partial charge in [0, 0.05) is 12.8 Å². The first kappa shape index (κ1) is 24.0. The Labute approximate surface area is 192 Å². The van der Waals surface area contributed by atoms with Gasteiger partial charge in [-0.2, -0.15) is 5.01 Å². The third-order valence-corrected chi connectivity index (χ3v) is 5.62. The van der Waals surface area contributed by atoms with Gasteiger partial charge in [-0.3, -0.25) is 9.59 Å². The van der Waals surface area contributed by atoms with Gasteiger partial charge in [-0.15, -0.1) is 0 Å². The Bertz CT molecular complexity index is 969. The van der Waals surface area contributed by atoms with Gasteiger partial charge in [0.05, 0.1) is 0 Å². The van der Waals surface area contributed by atoms with E-state index in [-0.39, 0.29) is 32.5 Å². The molecule has 0 radical (unpaired) electrons. The minimum absolute atomic E-state index is 0.0228. The van der Waals surface area contributed by atoms with E-state index in [1.807, 2.05) is 12.1 Å². The first-order valence-electron chi connectivity index (χ1n) is 11.0. The summed E-state index contributed by atoms with van der Waals surface area (Å²) in [4.78, 5) is 51.8. The summed E-state index contributed by atoms with van der Waals surface area (Å²) in [5.74, 6) is -0.868. The standard InChI is InChI=1S/C25H28N2O6/c1-2-21(28)25(16-10-9-15-22(25)29)27(24(31)33-18-20-13-7-4-8-14-20)26-23(30)32-17-19-11-5-3-6-12-19/h3-8,11-14H,2,9-10,15-18H2,1H3,(H,26,30)/t25-/m0/s1. The van der Waals surface area contributed by atoms with Crippen molar-refractivity contribution in [1.82, 2.24) is 10.4 Å². The zero-order chi connectivity index (χ0) is 23.7. The van der Waals surface area contributed by atoms with E-state index in [0.717, 1.165) is 16.1 Å². The summed E-state index contributed by atoms with van der Waals surface area (Å²) in [7, 11) is 0. The number of carbonyl (C=O) groups excluding carboxylic acids is 4. The topological polar surface area (TPSA) is 102 Å². The molecule has 1 N–H and O–H groups in total. The van der Waals surface area contributed by atoms with Gasteiger partial charge in [-0.1, -0.05) is 67.6 Å². The predicted molar refractivity (Wildman–Crippen MR) is 120 cm³/mol. The van der Waals surface area contributed by atoms with Crippen LogP contribution in [0.1, 0.15) is 50.2 Å². The van der Waals surface area contributed by atoms with Crippen LogP contribution in [0, 0.1) is 0 Å². The van der Waals surface area contributed by atoms with Gasteiger partial charge in [0.1, 0.15) is 13.2 Å². The Morgan fingerprint density at radius 2 is 1.48 bits per heavy atom. The Morgan fingerprint density at radius 3 is 2.03 bits per heavy atom. The van der Waals surface area contributed by atoms with Crippen LogP contribution < -0.4 is 5.43 Å². The lowest BCUT2D eigenvalue weighted by Crippen LogP contribution is -2.68. The summed E-state index contributed by atoms with van der Waals surface area (Å²) < 4.78 is 10.6. The Morgan fingerprint density at radius 1 is 0.909 bits per heavy atom. The van der Waals surface area contributed by atoms with Crippen LogP contribution in [0.15, 0.2) is 60.7 Å². The number of nitrogens with one attached hydrogen (secondary N) is 1. The van der Waals surface area contributed by atoms with Gasteiger partial charge >= 0.3 is 12.2 Å². The molecule has 33 heavy (non-hydrogen) atoms. The van der Waals surface area contributed by atoms with Crippen LogP contribution in [0.3, 0.4) is 0 Å². The molecule has 0 saturated heterocycles. The molecule has 1 atom stereocenters. The number of hydrogen-bond acceptors (Lipinski definition) is 6. The van der Waals surface area contributed by atoms with Gasteiger partial charge in [0.2, 0.25) is 0 Å². The average molecular weight is 453 g/mol. The summed E-state index contributed by atoms with van der Waals surface area (Å²) in [6.45, 7) is 1.50. The summed E-state index contributed by atoms with van der Waals surface area (Å²) in [6.07, 6.45) is -0.518. The Balaban J connectivity index is 1.82. The molecule has 1 fully saturated rings. The molecule has 1 aliphatic rings. The minimum atomic E-state index is -1.81. The second-order valence-electron chi connectivity index (χ2n) is 7.82. The third-order valence-electron chi connectivity index (χ3n) is 5.62. The molecule has 2 aromatic carbocycles. The normalized spacial score (nSPS) is 17.7. The second-order valence-corrected chi connectivity index (χ2v) is 7.82. The van der Waals surface area contributed by atoms with Crippen LogP contribution in [0.25, 0.3) is 0 Å². The monoisotopic (exact) mass is 452 g/mol. The van der Waals surface area contributed by atoms with Crippen molar-refractivity contribution in [3.63, 3.8) is 0 Å². The zero-order valence-corrected chi connectivity index (χ0v) is 18.6. The van der Waals surface area contributed by atoms with E-state index in [1.54, 1.807) is 55.5 Å². The first-order valence-corrected chi connectivity index (χ1v) is 11.0. The summed E-state index contributed by atoms with van der Waals surface area (Å²) in [5.41, 5.74) is 2.00. The highest BCUT2D eigenvalue weighted by Crippen LogP contribution is 2.33. The number of nitrogens with zero attached hydrogens (tertiary/aromatic N) is 1. The quantitative estimate of drug-likeness (QED) is 0.496. The van der Waals surface area contributed by atoms with Crippen molar-refractivity contribution in [3.05, 3.63) is 71.8 Å². The Hall–Kier alpha value is -3.68. The fourth-order valence-corrected chi connectivity index (χ4v) is 3.89. The minimum Gasteiger partial charge on any atom is -0.443 e. The van der Waals surface area contributed by atoms with Gasteiger partial charge in [-0.05, 0) is 30.4 Å². The lowest BCUT2D eigenvalue weighted by atomic mass is 9.76. The van der Waals surface area contributed by atoms with E-state index < -0.39 is 29.3 Å². The maximum absolute atomic E-state index is 13.1. The molecule has 0 spiro atoms. The number of ether oxygens (including phenoxy) is 2. The maximum atomic E-state index is 13.1. The number of ketones is 2. The van der Waals surface area contributed by atoms with Crippen molar-refractivity contribution in [2.24, 2.45) is 0 Å². The van der Waals surface area contributed by atoms with Crippen molar-refractivity contribution in [3.8, 4) is 0 Å². The van der Waals surface area contributed by atoms with Crippen LogP contribution in [-0.2, 0) is 32.3 Å². The van der Waals surface area contributed by atoms with Crippen molar-refractivity contribution < 1.29 is 28.7 Å². The van der Waals surface area contributed by atoms with Crippen LogP contribution >= 0.6 is 0 Å². The lowest BCUT2D eigenvalue weighted by molar-refractivity contribution is -0.147. The molecule has 1 aliphatic carbocycles. The van der Waals surface area contributed by atoms with E-state index in [2.05, 4.69) is 5.43 Å². The molecule has 1 saturated carbocycles. The number of benzene rings is 2. The van der Waals surface area contributed by atoms with E-state index in [0.29, 0.717) is 12.8 Å². The van der Waals surface area contributed by atoms with Crippen molar-refractivity contribution in [2.45, 2.75) is 57.8 Å². The van der Waals surface area contributed by atoms with Crippen LogP contribution in [0.5, 0.6) is 0 Å². The van der Waals surface area contributed by atoms with Gasteiger partial charge in [0.15, 0.2) is 17.1 Å². The van der Waals surface area contributed by atoms with Gasteiger partial charge in [0.25, 0.3) is 0 Å². The average Bonchev–Trinajstić information content (AvgIpc) is 2.86. The first-order chi connectivity index (χ1) is 16.0. The molecule has 0 unspecified atom stereocenters. The van der Waals surface area contributed by atoms with Gasteiger partial charge < -0.3 is 9.47 Å². The predicted octanol–water partition coefficient (Wildman–Crippen LogP) is 4.33. The smallest absolute Gasteiger partial charge is 0.430 e. The molecule has 0 aliphatic heterocycles.